The van der Waals surface area contributed by atoms with Crippen LogP contribution in [0.4, 0.5) is 4.79 Å². The first-order valence-electron chi connectivity index (χ1n) is 8.12. The normalized spacial score (nSPS) is 20.7. The lowest BCUT2D eigenvalue weighted by Crippen LogP contribution is -2.50. The van der Waals surface area contributed by atoms with Crippen LogP contribution in [0.5, 0.6) is 0 Å². The van der Waals surface area contributed by atoms with Gasteiger partial charge in [-0.3, -0.25) is 0 Å². The number of ether oxygens (including phenoxy) is 1. The zero-order valence-electron chi connectivity index (χ0n) is 14.1. The van der Waals surface area contributed by atoms with Gasteiger partial charge in [0.15, 0.2) is 0 Å². The van der Waals surface area contributed by atoms with E-state index < -0.39 is 5.60 Å². The molecule has 1 fully saturated rings. The van der Waals surface area contributed by atoms with E-state index >= 15 is 0 Å². The van der Waals surface area contributed by atoms with E-state index in [9.17, 15) is 4.79 Å². The van der Waals surface area contributed by atoms with Crippen LogP contribution in [-0.2, 0) is 4.74 Å². The highest BCUT2D eigenvalue weighted by Crippen LogP contribution is 2.21. The summed E-state index contributed by atoms with van der Waals surface area (Å²) >= 11 is 1.72. The first kappa shape index (κ1) is 17.3. The fourth-order valence-corrected chi connectivity index (χ4v) is 3.48. The van der Waals surface area contributed by atoms with Gasteiger partial charge in [-0.25, -0.2) is 4.79 Å². The molecule has 2 atom stereocenters. The Morgan fingerprint density at radius 1 is 1.50 bits per heavy atom. The number of thiophene rings is 1. The molecule has 0 aliphatic carbocycles. The van der Waals surface area contributed by atoms with Crippen molar-refractivity contribution in [1.82, 2.24) is 10.2 Å². The molecule has 124 valence electrons. The van der Waals surface area contributed by atoms with Crippen molar-refractivity contribution in [2.24, 2.45) is 0 Å². The molecule has 0 radical (unpaired) electrons. The van der Waals surface area contributed by atoms with Crippen molar-refractivity contribution < 1.29 is 9.53 Å². The Morgan fingerprint density at radius 2 is 2.27 bits per heavy atom. The smallest absolute Gasteiger partial charge is 0.410 e. The maximum atomic E-state index is 12.4. The van der Waals surface area contributed by atoms with E-state index in [2.05, 4.69) is 29.1 Å². The summed E-state index contributed by atoms with van der Waals surface area (Å²) in [4.78, 5) is 14.3. The zero-order valence-corrected chi connectivity index (χ0v) is 14.9. The second-order valence-electron chi connectivity index (χ2n) is 7.01. The molecular weight excluding hydrogens is 296 g/mol. The standard InChI is InChI=1S/C17H28N2O2S/c1-13(14-8-10-22-12-14)18-11-15-7-5-6-9-19(15)16(20)21-17(2,3)4/h8,10,12-13,15,18H,5-7,9,11H2,1-4H3. The maximum Gasteiger partial charge on any atom is 0.410 e. The van der Waals surface area contributed by atoms with E-state index in [1.165, 1.54) is 12.0 Å². The van der Waals surface area contributed by atoms with Crippen molar-refractivity contribution >= 4 is 17.4 Å². The Balaban J connectivity index is 1.90. The van der Waals surface area contributed by atoms with Gasteiger partial charge in [0, 0.05) is 25.2 Å². The van der Waals surface area contributed by atoms with E-state index in [4.69, 9.17) is 4.74 Å². The second kappa shape index (κ2) is 7.47. The molecule has 1 saturated heterocycles. The molecule has 0 saturated carbocycles. The number of nitrogens with zero attached hydrogens (tertiary/aromatic N) is 1. The summed E-state index contributed by atoms with van der Waals surface area (Å²) in [6, 6.07) is 2.69. The predicted octanol–water partition coefficient (Wildman–Crippen LogP) is 4.19. The molecule has 0 bridgehead atoms. The summed E-state index contributed by atoms with van der Waals surface area (Å²) < 4.78 is 5.55. The second-order valence-corrected chi connectivity index (χ2v) is 7.79. The quantitative estimate of drug-likeness (QED) is 0.903. The Hall–Kier alpha value is -1.07. The largest absolute Gasteiger partial charge is 0.444 e. The highest BCUT2D eigenvalue weighted by atomic mass is 32.1. The lowest BCUT2D eigenvalue weighted by atomic mass is 10.0. The van der Waals surface area contributed by atoms with Crippen molar-refractivity contribution in [1.29, 1.82) is 0 Å². The molecule has 2 heterocycles. The first-order chi connectivity index (χ1) is 10.4. The van der Waals surface area contributed by atoms with Crippen molar-refractivity contribution in [3.63, 3.8) is 0 Å². The lowest BCUT2D eigenvalue weighted by molar-refractivity contribution is 0.00970. The van der Waals surface area contributed by atoms with Crippen LogP contribution in [0.2, 0.25) is 0 Å². The van der Waals surface area contributed by atoms with Gasteiger partial charge in [-0.1, -0.05) is 0 Å². The molecule has 2 unspecified atom stereocenters. The van der Waals surface area contributed by atoms with Crippen molar-refractivity contribution in [3.05, 3.63) is 22.4 Å². The Bertz CT molecular complexity index is 468. The van der Waals surface area contributed by atoms with Gasteiger partial charge < -0.3 is 15.0 Å². The minimum Gasteiger partial charge on any atom is -0.444 e. The molecule has 1 aromatic rings. The molecular formula is C17H28N2O2S. The molecule has 1 N–H and O–H groups in total. The van der Waals surface area contributed by atoms with Crippen LogP contribution in [-0.4, -0.2) is 35.7 Å². The fraction of sp³-hybridized carbons (Fsp3) is 0.706. The van der Waals surface area contributed by atoms with Gasteiger partial charge >= 0.3 is 6.09 Å². The molecule has 2 rings (SSSR count). The Morgan fingerprint density at radius 3 is 2.91 bits per heavy atom. The van der Waals surface area contributed by atoms with Crippen LogP contribution in [0.25, 0.3) is 0 Å². The van der Waals surface area contributed by atoms with Crippen LogP contribution in [0.15, 0.2) is 16.8 Å². The van der Waals surface area contributed by atoms with Crippen LogP contribution in [0.3, 0.4) is 0 Å². The molecule has 0 aromatic carbocycles. The molecule has 1 aliphatic rings. The molecule has 1 aliphatic heterocycles. The maximum absolute atomic E-state index is 12.4. The summed E-state index contributed by atoms with van der Waals surface area (Å²) in [5, 5.41) is 7.83. The van der Waals surface area contributed by atoms with Gasteiger partial charge in [-0.2, -0.15) is 11.3 Å². The minimum absolute atomic E-state index is 0.179. The number of hydrogen-bond donors (Lipinski definition) is 1. The summed E-state index contributed by atoms with van der Waals surface area (Å²) in [5.41, 5.74) is 0.876. The summed E-state index contributed by atoms with van der Waals surface area (Å²) in [5.74, 6) is 0. The van der Waals surface area contributed by atoms with Gasteiger partial charge in [0.1, 0.15) is 5.60 Å². The third-order valence-corrected chi connectivity index (χ3v) is 4.66. The van der Waals surface area contributed by atoms with Gasteiger partial charge in [-0.05, 0) is 69.3 Å². The average Bonchev–Trinajstić information content (AvgIpc) is 2.97. The monoisotopic (exact) mass is 324 g/mol. The molecule has 1 amide bonds. The van der Waals surface area contributed by atoms with Crippen LogP contribution >= 0.6 is 11.3 Å². The van der Waals surface area contributed by atoms with E-state index in [-0.39, 0.29) is 12.1 Å². The molecule has 4 nitrogen and oxygen atoms in total. The van der Waals surface area contributed by atoms with Crippen LogP contribution in [0, 0.1) is 0 Å². The Kier molecular flexibility index (Phi) is 5.87. The highest BCUT2D eigenvalue weighted by molar-refractivity contribution is 7.07. The summed E-state index contributed by atoms with van der Waals surface area (Å²) in [6.07, 6.45) is 3.11. The molecule has 0 spiro atoms. The van der Waals surface area contributed by atoms with E-state index in [0.717, 1.165) is 25.9 Å². The number of likely N-dealkylation sites (tertiary alicyclic amines) is 1. The van der Waals surface area contributed by atoms with Gasteiger partial charge in [-0.15, -0.1) is 0 Å². The van der Waals surface area contributed by atoms with Crippen molar-refractivity contribution in [2.45, 2.75) is 64.6 Å². The summed E-state index contributed by atoms with van der Waals surface area (Å²) in [7, 11) is 0. The number of amides is 1. The Labute approximate surface area is 137 Å². The van der Waals surface area contributed by atoms with E-state index in [0.29, 0.717) is 6.04 Å². The van der Waals surface area contributed by atoms with Gasteiger partial charge in [0.05, 0.1) is 0 Å². The van der Waals surface area contributed by atoms with Gasteiger partial charge in [0.25, 0.3) is 0 Å². The van der Waals surface area contributed by atoms with Gasteiger partial charge in [0.2, 0.25) is 0 Å². The fourth-order valence-electron chi connectivity index (χ4n) is 2.73. The molecule has 5 heteroatoms. The van der Waals surface area contributed by atoms with Crippen molar-refractivity contribution in [2.75, 3.05) is 13.1 Å². The van der Waals surface area contributed by atoms with E-state index in [1.807, 2.05) is 25.7 Å². The molecule has 1 aromatic heterocycles. The highest BCUT2D eigenvalue weighted by Gasteiger charge is 2.30. The third kappa shape index (κ3) is 4.99. The average molecular weight is 324 g/mol. The summed E-state index contributed by atoms with van der Waals surface area (Å²) in [6.45, 7) is 9.54. The number of hydrogen-bond acceptors (Lipinski definition) is 4. The molecule has 22 heavy (non-hydrogen) atoms. The topological polar surface area (TPSA) is 41.6 Å². The van der Waals surface area contributed by atoms with E-state index in [1.54, 1.807) is 11.3 Å². The number of rotatable bonds is 4. The first-order valence-corrected chi connectivity index (χ1v) is 9.06. The SMILES string of the molecule is CC(NCC1CCCCN1C(=O)OC(C)(C)C)c1ccsc1. The lowest BCUT2D eigenvalue weighted by Gasteiger charge is -2.37. The third-order valence-electron chi connectivity index (χ3n) is 3.96. The number of nitrogens with one attached hydrogen (secondary N) is 1. The number of carbonyl (C=O) groups excluding carboxylic acids is 1. The van der Waals surface area contributed by atoms with Crippen molar-refractivity contribution in [3.8, 4) is 0 Å². The number of carbonyl (C=O) groups is 1. The zero-order chi connectivity index (χ0) is 16.2. The minimum atomic E-state index is -0.434. The predicted molar refractivity (Wildman–Crippen MR) is 91.3 cm³/mol. The number of piperidine rings is 1. The van der Waals surface area contributed by atoms with Crippen LogP contribution in [0.1, 0.15) is 58.6 Å². The van der Waals surface area contributed by atoms with Crippen LogP contribution < -0.4 is 5.32 Å².